The van der Waals surface area contributed by atoms with Crippen LogP contribution >= 0.6 is 0 Å². The first kappa shape index (κ1) is 26.5. The highest BCUT2D eigenvalue weighted by Gasteiger charge is 2.69. The van der Waals surface area contributed by atoms with Gasteiger partial charge in [0.05, 0.1) is 18.3 Å². The molecule has 0 amide bonds. The third-order valence-corrected chi connectivity index (χ3v) is 11.7. The molecule has 1 unspecified atom stereocenters. The van der Waals surface area contributed by atoms with Crippen molar-refractivity contribution in [2.45, 2.75) is 109 Å². The fourth-order valence-corrected chi connectivity index (χ4v) is 9.73. The molecule has 0 aliphatic heterocycles. The molecule has 4 nitrogen and oxygen atoms in total. The molecule has 0 aromatic carbocycles. The Morgan fingerprint density at radius 3 is 2.44 bits per heavy atom. The van der Waals surface area contributed by atoms with E-state index in [0.717, 1.165) is 50.5 Å². The Labute approximate surface area is 214 Å². The number of alkyl halides is 2. The Hall–Kier alpha value is -1.11. The average molecular weight is 506 g/mol. The molecule has 0 radical (unpaired) electrons. The van der Waals surface area contributed by atoms with Crippen molar-refractivity contribution >= 4 is 0 Å². The zero-order chi connectivity index (χ0) is 25.9. The van der Waals surface area contributed by atoms with Crippen molar-refractivity contribution in [1.29, 1.82) is 0 Å². The summed E-state index contributed by atoms with van der Waals surface area (Å²) < 4.78 is 31.9. The molecule has 1 aromatic heterocycles. The van der Waals surface area contributed by atoms with Crippen molar-refractivity contribution in [3.05, 3.63) is 30.1 Å². The van der Waals surface area contributed by atoms with Crippen molar-refractivity contribution in [1.82, 2.24) is 4.98 Å². The van der Waals surface area contributed by atoms with Crippen LogP contribution in [0.15, 0.2) is 24.5 Å². The normalized spacial score (nSPS) is 45.3. The molecule has 36 heavy (non-hydrogen) atoms. The highest BCUT2D eigenvalue weighted by molar-refractivity contribution is 5.15. The van der Waals surface area contributed by atoms with Crippen molar-refractivity contribution in [2.75, 3.05) is 0 Å². The highest BCUT2D eigenvalue weighted by atomic mass is 19.3. The first-order valence-electron chi connectivity index (χ1n) is 14.3. The van der Waals surface area contributed by atoms with Crippen molar-refractivity contribution < 1.29 is 24.1 Å². The van der Waals surface area contributed by atoms with Gasteiger partial charge in [-0.1, -0.05) is 39.7 Å². The van der Waals surface area contributed by atoms with Crippen LogP contribution in [0.5, 0.6) is 0 Å². The van der Waals surface area contributed by atoms with Gasteiger partial charge in [0.2, 0.25) is 0 Å². The topological polar surface area (TPSA) is 73.6 Å². The van der Waals surface area contributed by atoms with E-state index in [1.807, 2.05) is 12.1 Å². The number of aliphatic hydroxyl groups is 3. The number of aromatic nitrogens is 1. The molecular weight excluding hydrogens is 460 g/mol. The summed E-state index contributed by atoms with van der Waals surface area (Å²) in [5.74, 6) is -3.15. The van der Waals surface area contributed by atoms with Gasteiger partial charge in [-0.05, 0) is 97.0 Å². The summed E-state index contributed by atoms with van der Waals surface area (Å²) in [5.41, 5.74) is 0.448. The van der Waals surface area contributed by atoms with E-state index in [0.29, 0.717) is 24.7 Å². The van der Waals surface area contributed by atoms with Crippen LogP contribution in [0.1, 0.15) is 96.6 Å². The van der Waals surface area contributed by atoms with Gasteiger partial charge in [0.1, 0.15) is 0 Å². The summed E-state index contributed by atoms with van der Waals surface area (Å²) in [7, 11) is 0. The van der Waals surface area contributed by atoms with Crippen LogP contribution < -0.4 is 0 Å². The molecule has 0 saturated heterocycles. The van der Waals surface area contributed by atoms with Crippen LogP contribution in [-0.4, -0.2) is 38.4 Å². The van der Waals surface area contributed by atoms with Gasteiger partial charge in [-0.15, -0.1) is 0 Å². The van der Waals surface area contributed by atoms with Gasteiger partial charge in [-0.25, -0.2) is 8.78 Å². The zero-order valence-electron chi connectivity index (χ0n) is 22.1. The number of aliphatic hydroxyl groups excluding tert-OH is 3. The summed E-state index contributed by atoms with van der Waals surface area (Å²) in [4.78, 5) is 4.10. The molecule has 1 heterocycles. The Morgan fingerprint density at radius 1 is 1.00 bits per heavy atom. The Morgan fingerprint density at radius 2 is 1.72 bits per heavy atom. The van der Waals surface area contributed by atoms with Crippen molar-refractivity contribution in [3.63, 3.8) is 0 Å². The van der Waals surface area contributed by atoms with Gasteiger partial charge in [0.15, 0.2) is 0 Å². The molecule has 202 valence electrons. The van der Waals surface area contributed by atoms with Crippen LogP contribution in [-0.2, 0) is 0 Å². The molecular formula is C30H45F2NO3. The molecule has 4 fully saturated rings. The third kappa shape index (κ3) is 4.23. The molecule has 11 atom stereocenters. The van der Waals surface area contributed by atoms with E-state index in [1.54, 1.807) is 12.4 Å². The summed E-state index contributed by atoms with van der Waals surface area (Å²) >= 11 is 0. The number of halogens is 2. The summed E-state index contributed by atoms with van der Waals surface area (Å²) in [6.07, 6.45) is 8.21. The minimum absolute atomic E-state index is 0.0152. The predicted molar refractivity (Wildman–Crippen MR) is 135 cm³/mol. The lowest BCUT2D eigenvalue weighted by atomic mass is 9.43. The van der Waals surface area contributed by atoms with Crippen LogP contribution in [0, 0.1) is 46.3 Å². The number of rotatable bonds is 6. The lowest BCUT2D eigenvalue weighted by molar-refractivity contribution is -0.258. The predicted octanol–water partition coefficient (Wildman–Crippen LogP) is 6.16. The van der Waals surface area contributed by atoms with Crippen molar-refractivity contribution in [3.8, 4) is 0 Å². The molecule has 5 rings (SSSR count). The molecule has 0 bridgehead atoms. The highest BCUT2D eigenvalue weighted by Crippen LogP contribution is 2.71. The van der Waals surface area contributed by atoms with Crippen LogP contribution in [0.25, 0.3) is 0 Å². The van der Waals surface area contributed by atoms with Gasteiger partial charge in [0.25, 0.3) is 5.92 Å². The molecule has 6 heteroatoms. The maximum absolute atomic E-state index is 15.9. The Kier molecular flexibility index (Phi) is 7.04. The molecule has 0 spiro atoms. The fourth-order valence-electron chi connectivity index (χ4n) is 9.73. The van der Waals surface area contributed by atoms with Crippen LogP contribution in [0.3, 0.4) is 0 Å². The number of hydrogen-bond donors (Lipinski definition) is 3. The second kappa shape index (κ2) is 9.57. The maximum Gasteiger partial charge on any atom is 0.251 e. The van der Waals surface area contributed by atoms with Gasteiger partial charge in [-0.2, -0.15) is 0 Å². The second-order valence-electron chi connectivity index (χ2n) is 13.4. The van der Waals surface area contributed by atoms with Crippen LogP contribution in [0.2, 0.25) is 0 Å². The van der Waals surface area contributed by atoms with Gasteiger partial charge >= 0.3 is 0 Å². The molecule has 4 saturated carbocycles. The number of pyridine rings is 1. The molecule has 4 aliphatic rings. The van der Waals surface area contributed by atoms with Gasteiger partial charge < -0.3 is 15.3 Å². The van der Waals surface area contributed by atoms with E-state index in [4.69, 9.17) is 0 Å². The maximum atomic E-state index is 15.9. The SMILES string of the molecule is C[C@H](CCCC(O)c1cccnc1)[C@H]1CC[C@H]2[C@H]3[C@H](CC[C@]12C)[C@@]1(C)CC[C@H](O)[C@H](O)[C@@H]1CC3(F)F. The molecule has 1 aromatic rings. The number of nitrogens with zero attached hydrogens (tertiary/aromatic N) is 1. The number of hydrogen-bond acceptors (Lipinski definition) is 4. The first-order chi connectivity index (χ1) is 17.0. The standard InChI is InChI=1S/C30H45F2NO3/c1-18(6-4-8-24(34)19-7-5-15-33-17-19)20-9-10-21-26-22(11-13-28(20,21)2)29(3)14-12-25(35)27(36)23(29)16-30(26,31)32/h5,7,15,17-18,20-27,34-36H,4,6,8-14,16H2,1-3H3/t18-,20-,21+,22+,23+,24?,25+,26+,27-,28-,29-/m1/s1. The summed E-state index contributed by atoms with van der Waals surface area (Å²) in [6.45, 7) is 6.71. The average Bonchev–Trinajstić information content (AvgIpc) is 3.20. The molecule has 4 aliphatic carbocycles. The second-order valence-corrected chi connectivity index (χ2v) is 13.4. The monoisotopic (exact) mass is 505 g/mol. The zero-order valence-corrected chi connectivity index (χ0v) is 22.1. The van der Waals surface area contributed by atoms with Gasteiger partial charge in [0, 0.05) is 24.7 Å². The van der Waals surface area contributed by atoms with Gasteiger partial charge in [-0.3, -0.25) is 4.98 Å². The minimum Gasteiger partial charge on any atom is -0.390 e. The Bertz CT molecular complexity index is 915. The smallest absolute Gasteiger partial charge is 0.251 e. The lowest BCUT2D eigenvalue weighted by Gasteiger charge is -2.63. The number of fused-ring (bicyclic) bond motifs is 5. The third-order valence-electron chi connectivity index (χ3n) is 11.7. The van der Waals surface area contributed by atoms with E-state index < -0.39 is 36.1 Å². The van der Waals surface area contributed by atoms with Crippen LogP contribution in [0.4, 0.5) is 8.78 Å². The van der Waals surface area contributed by atoms with E-state index >= 15 is 8.78 Å². The first-order valence-corrected chi connectivity index (χ1v) is 14.3. The fraction of sp³-hybridized carbons (Fsp3) is 0.833. The summed E-state index contributed by atoms with van der Waals surface area (Å²) in [6, 6.07) is 3.75. The van der Waals surface area contributed by atoms with Crippen molar-refractivity contribution in [2.24, 2.45) is 46.3 Å². The largest absolute Gasteiger partial charge is 0.390 e. The Balaban J connectivity index is 1.28. The summed E-state index contributed by atoms with van der Waals surface area (Å²) in [5, 5.41) is 31.5. The van der Waals surface area contributed by atoms with E-state index in [2.05, 4.69) is 25.8 Å². The van der Waals surface area contributed by atoms with E-state index in [1.165, 1.54) is 0 Å². The lowest BCUT2D eigenvalue weighted by Crippen LogP contribution is -2.64. The van der Waals surface area contributed by atoms with E-state index in [-0.39, 0.29) is 29.1 Å². The quantitative estimate of drug-likeness (QED) is 0.433. The minimum atomic E-state index is -2.80. The van der Waals surface area contributed by atoms with E-state index in [9.17, 15) is 15.3 Å². The molecule has 3 N–H and O–H groups in total.